The van der Waals surface area contributed by atoms with Crippen molar-refractivity contribution >= 4 is 44.8 Å². The summed E-state index contributed by atoms with van der Waals surface area (Å²) in [4.78, 5) is 16.2. The fourth-order valence-electron chi connectivity index (χ4n) is 1.73. The minimum absolute atomic E-state index is 0.0429. The number of sulfonamides is 1. The third-order valence-electron chi connectivity index (χ3n) is 2.77. The molecule has 0 saturated heterocycles. The lowest BCUT2D eigenvalue weighted by atomic mass is 10.2. The highest BCUT2D eigenvalue weighted by molar-refractivity contribution is 7.92. The quantitative estimate of drug-likeness (QED) is 0.787. The van der Waals surface area contributed by atoms with E-state index in [1.807, 2.05) is 0 Å². The SMILES string of the molecule is CONC(=O)c1cccc(NS(=O)(=O)c2ccc(Cl)c(Cl)c2)c1. The maximum atomic E-state index is 12.3. The third kappa shape index (κ3) is 4.35. The van der Waals surface area contributed by atoms with Crippen LogP contribution in [-0.2, 0) is 14.9 Å². The van der Waals surface area contributed by atoms with Crippen molar-refractivity contribution in [2.75, 3.05) is 11.8 Å². The Bertz CT molecular complexity index is 840. The minimum atomic E-state index is -3.86. The molecule has 2 aromatic carbocycles. The van der Waals surface area contributed by atoms with Crippen molar-refractivity contribution in [3.63, 3.8) is 0 Å². The highest BCUT2D eigenvalue weighted by Crippen LogP contribution is 2.26. The first-order chi connectivity index (χ1) is 10.8. The number of carbonyl (C=O) groups is 1. The number of nitrogens with one attached hydrogen (secondary N) is 2. The molecule has 2 N–H and O–H groups in total. The lowest BCUT2D eigenvalue weighted by Gasteiger charge is -2.10. The summed E-state index contributed by atoms with van der Waals surface area (Å²) in [5.41, 5.74) is 2.61. The molecular weight excluding hydrogens is 363 g/mol. The Balaban J connectivity index is 2.28. The Morgan fingerprint density at radius 1 is 1.09 bits per heavy atom. The second-order valence-corrected chi connectivity index (χ2v) is 6.89. The first-order valence-corrected chi connectivity index (χ1v) is 8.48. The molecule has 0 spiro atoms. The van der Waals surface area contributed by atoms with Crippen molar-refractivity contribution < 1.29 is 18.0 Å². The molecule has 2 aromatic rings. The van der Waals surface area contributed by atoms with E-state index in [4.69, 9.17) is 23.2 Å². The van der Waals surface area contributed by atoms with Gasteiger partial charge in [0.2, 0.25) is 0 Å². The van der Waals surface area contributed by atoms with Crippen LogP contribution in [0.4, 0.5) is 5.69 Å². The molecule has 0 radical (unpaired) electrons. The van der Waals surface area contributed by atoms with Crippen molar-refractivity contribution in [1.82, 2.24) is 5.48 Å². The number of amides is 1. The number of carbonyl (C=O) groups excluding carboxylic acids is 1. The second-order valence-electron chi connectivity index (χ2n) is 4.40. The summed E-state index contributed by atoms with van der Waals surface area (Å²) in [6.07, 6.45) is 0. The zero-order valence-corrected chi connectivity index (χ0v) is 14.2. The Kier molecular flexibility index (Phi) is 5.48. The Hall–Kier alpha value is -1.80. The van der Waals surface area contributed by atoms with Crippen LogP contribution in [0.25, 0.3) is 0 Å². The van der Waals surface area contributed by atoms with E-state index in [1.54, 1.807) is 0 Å². The maximum absolute atomic E-state index is 12.3. The van der Waals surface area contributed by atoms with E-state index >= 15 is 0 Å². The summed E-state index contributed by atoms with van der Waals surface area (Å²) >= 11 is 11.6. The number of hydrogen-bond donors (Lipinski definition) is 2. The Labute approximate surface area is 143 Å². The van der Waals surface area contributed by atoms with E-state index in [1.165, 1.54) is 49.6 Å². The standard InChI is InChI=1S/C14H12Cl2N2O4S/c1-22-17-14(19)9-3-2-4-10(7-9)18-23(20,21)11-5-6-12(15)13(16)8-11/h2-8,18H,1H3,(H,17,19). The number of rotatable bonds is 5. The molecule has 1 amide bonds. The average molecular weight is 375 g/mol. The lowest BCUT2D eigenvalue weighted by Crippen LogP contribution is -2.22. The summed E-state index contributed by atoms with van der Waals surface area (Å²) in [6.45, 7) is 0. The van der Waals surface area contributed by atoms with E-state index in [2.05, 4.69) is 15.0 Å². The third-order valence-corrected chi connectivity index (χ3v) is 4.89. The average Bonchev–Trinajstić information content (AvgIpc) is 2.50. The van der Waals surface area contributed by atoms with Crippen molar-refractivity contribution in [3.05, 3.63) is 58.1 Å². The number of hydroxylamine groups is 1. The van der Waals surface area contributed by atoms with Gasteiger partial charge in [-0.1, -0.05) is 29.3 Å². The van der Waals surface area contributed by atoms with Crippen molar-refractivity contribution in [1.29, 1.82) is 0 Å². The van der Waals surface area contributed by atoms with E-state index in [0.717, 1.165) is 0 Å². The van der Waals surface area contributed by atoms with Crippen LogP contribution in [0.2, 0.25) is 10.0 Å². The molecule has 2 rings (SSSR count). The van der Waals surface area contributed by atoms with Crippen molar-refractivity contribution in [2.45, 2.75) is 4.90 Å². The second kappa shape index (κ2) is 7.18. The van der Waals surface area contributed by atoms with Gasteiger partial charge < -0.3 is 0 Å². The monoisotopic (exact) mass is 374 g/mol. The summed E-state index contributed by atoms with van der Waals surface area (Å²) in [5, 5.41) is 0.381. The zero-order chi connectivity index (χ0) is 17.0. The molecule has 6 nitrogen and oxygen atoms in total. The maximum Gasteiger partial charge on any atom is 0.274 e. The van der Waals surface area contributed by atoms with Gasteiger partial charge in [-0.05, 0) is 36.4 Å². The molecule has 0 aromatic heterocycles. The fourth-order valence-corrected chi connectivity index (χ4v) is 3.17. The lowest BCUT2D eigenvalue weighted by molar-refractivity contribution is 0.0537. The fraction of sp³-hybridized carbons (Fsp3) is 0.0714. The molecule has 23 heavy (non-hydrogen) atoms. The normalized spacial score (nSPS) is 11.1. The van der Waals surface area contributed by atoms with Gasteiger partial charge in [-0.3, -0.25) is 14.4 Å². The molecule has 0 atom stereocenters. The molecule has 0 aliphatic carbocycles. The van der Waals surface area contributed by atoms with Crippen molar-refractivity contribution in [3.8, 4) is 0 Å². The van der Waals surface area contributed by atoms with Gasteiger partial charge >= 0.3 is 0 Å². The van der Waals surface area contributed by atoms with Gasteiger partial charge in [-0.15, -0.1) is 0 Å². The largest absolute Gasteiger partial charge is 0.280 e. The van der Waals surface area contributed by atoms with Gasteiger partial charge in [0.05, 0.1) is 22.1 Å². The molecule has 0 bridgehead atoms. The van der Waals surface area contributed by atoms with Crippen LogP contribution >= 0.6 is 23.2 Å². The molecule has 0 aliphatic heterocycles. The van der Waals surface area contributed by atoms with E-state index in [-0.39, 0.29) is 26.2 Å². The number of anilines is 1. The van der Waals surface area contributed by atoms with Gasteiger partial charge in [0.1, 0.15) is 0 Å². The van der Waals surface area contributed by atoms with Gasteiger partial charge in [0, 0.05) is 11.3 Å². The van der Waals surface area contributed by atoms with Gasteiger partial charge in [-0.2, -0.15) is 0 Å². The molecule has 0 unspecified atom stereocenters. The van der Waals surface area contributed by atoms with E-state index in [9.17, 15) is 13.2 Å². The highest BCUT2D eigenvalue weighted by atomic mass is 35.5. The van der Waals surface area contributed by atoms with Crippen LogP contribution in [-0.4, -0.2) is 21.4 Å². The van der Waals surface area contributed by atoms with E-state index in [0.29, 0.717) is 0 Å². The first-order valence-electron chi connectivity index (χ1n) is 6.25. The topological polar surface area (TPSA) is 84.5 Å². The molecule has 0 heterocycles. The van der Waals surface area contributed by atoms with Gasteiger partial charge in [0.25, 0.3) is 15.9 Å². The van der Waals surface area contributed by atoms with Crippen LogP contribution in [0.3, 0.4) is 0 Å². The van der Waals surface area contributed by atoms with Crippen LogP contribution in [0, 0.1) is 0 Å². The summed E-state index contributed by atoms with van der Waals surface area (Å²) < 4.78 is 27.0. The summed E-state index contributed by atoms with van der Waals surface area (Å²) in [7, 11) is -2.56. The molecule has 0 saturated carbocycles. The number of halogens is 2. The molecular formula is C14H12Cl2N2O4S. The van der Waals surface area contributed by atoms with Crippen LogP contribution in [0.15, 0.2) is 47.4 Å². The van der Waals surface area contributed by atoms with Gasteiger partial charge in [-0.25, -0.2) is 13.9 Å². The number of hydrogen-bond acceptors (Lipinski definition) is 4. The van der Waals surface area contributed by atoms with E-state index < -0.39 is 15.9 Å². The summed E-state index contributed by atoms with van der Waals surface area (Å²) in [5.74, 6) is -0.497. The smallest absolute Gasteiger partial charge is 0.274 e. The summed E-state index contributed by atoms with van der Waals surface area (Å²) in [6, 6.07) is 9.91. The minimum Gasteiger partial charge on any atom is -0.280 e. The molecule has 9 heteroatoms. The first kappa shape index (κ1) is 17.6. The molecule has 0 fully saturated rings. The van der Waals surface area contributed by atoms with Crippen molar-refractivity contribution in [2.24, 2.45) is 0 Å². The Morgan fingerprint density at radius 2 is 1.83 bits per heavy atom. The highest BCUT2D eigenvalue weighted by Gasteiger charge is 2.16. The predicted molar refractivity (Wildman–Crippen MR) is 88.2 cm³/mol. The molecule has 0 aliphatic rings. The van der Waals surface area contributed by atoms with Crippen LogP contribution in [0.5, 0.6) is 0 Å². The number of benzene rings is 2. The van der Waals surface area contributed by atoms with Crippen LogP contribution in [0.1, 0.15) is 10.4 Å². The molecule has 122 valence electrons. The van der Waals surface area contributed by atoms with Gasteiger partial charge in [0.15, 0.2) is 0 Å². The van der Waals surface area contributed by atoms with Crippen LogP contribution < -0.4 is 10.2 Å². The zero-order valence-electron chi connectivity index (χ0n) is 11.8. The predicted octanol–water partition coefficient (Wildman–Crippen LogP) is 3.09. The Morgan fingerprint density at radius 3 is 2.48 bits per heavy atom.